The van der Waals surface area contributed by atoms with E-state index >= 15 is 0 Å². The van der Waals surface area contributed by atoms with Gasteiger partial charge in [-0.1, -0.05) is 115 Å². The number of esters is 4. The van der Waals surface area contributed by atoms with Crippen LogP contribution >= 0.6 is 0 Å². The molecular weight excluding hydrogens is 855 g/mol. The van der Waals surface area contributed by atoms with Crippen molar-refractivity contribution in [1.29, 1.82) is 0 Å². The predicted molar refractivity (Wildman–Crippen MR) is 230 cm³/mol. The molecule has 11 atom stereocenters. The molecule has 3 saturated heterocycles. The number of ether oxygens (including phenoxy) is 10. The monoisotopic (exact) mass is 901 g/mol. The smallest absolute Gasteiger partial charge is 0.339 e. The van der Waals surface area contributed by atoms with Crippen LogP contribution in [0, 0.1) is 0 Å². The second-order valence-electron chi connectivity index (χ2n) is 15.5. The van der Waals surface area contributed by atoms with Crippen LogP contribution < -0.4 is 5.32 Å². The van der Waals surface area contributed by atoms with Crippen LogP contribution in [0.2, 0.25) is 0 Å². The summed E-state index contributed by atoms with van der Waals surface area (Å²) in [5.74, 6) is -4.32. The lowest BCUT2D eigenvalue weighted by atomic mass is 9.94. The Labute approximate surface area is 379 Å². The molecule has 5 aromatic rings. The van der Waals surface area contributed by atoms with Crippen LogP contribution in [0.25, 0.3) is 0 Å². The number of methoxy groups -OCH3 is 1. The summed E-state index contributed by atoms with van der Waals surface area (Å²) in [4.78, 5) is 69.2. The maximum absolute atomic E-state index is 14.2. The van der Waals surface area contributed by atoms with E-state index in [0.29, 0.717) is 5.56 Å². The Hall–Kier alpha value is -6.79. The third kappa shape index (κ3) is 10.8. The number of carbonyl (C=O) groups excluding carboxylic acids is 5. The molecule has 0 saturated carbocycles. The first-order valence-electron chi connectivity index (χ1n) is 21.2. The van der Waals surface area contributed by atoms with E-state index < -0.39 is 97.4 Å². The Kier molecular flexibility index (Phi) is 14.9. The van der Waals surface area contributed by atoms with Crippen molar-refractivity contribution in [2.45, 2.75) is 81.2 Å². The lowest BCUT2D eigenvalue weighted by Crippen LogP contribution is -2.70. The fourth-order valence-corrected chi connectivity index (χ4v) is 7.86. The molecule has 3 fully saturated rings. The largest absolute Gasteiger partial charge is 0.467 e. The quantitative estimate of drug-likeness (QED) is 0.108. The molecule has 0 spiro atoms. The highest BCUT2D eigenvalue weighted by atomic mass is 16.8. The lowest BCUT2D eigenvalue weighted by molar-refractivity contribution is -0.376. The second-order valence-corrected chi connectivity index (χ2v) is 15.5. The van der Waals surface area contributed by atoms with Crippen molar-refractivity contribution in [1.82, 2.24) is 5.32 Å². The SMILES string of the molecule is COC(=O)[C@H]1O[C@@H](O[C@@H]2[C@@H](NC(C)=O)[C@@H](OCc3ccccc3)O[C@@H]3CO[C@H](c4ccccc4)O[C@H]23)[C@H](OC(=O)c2ccccc2)[C@@H](OC(=O)c2ccccc2)[C@@H]1OC(=O)c1ccccc1. The topological polar surface area (TPSA) is 190 Å². The number of hydrogen-bond acceptors (Lipinski definition) is 15. The van der Waals surface area contributed by atoms with Gasteiger partial charge in [-0.2, -0.15) is 0 Å². The molecule has 0 unspecified atom stereocenters. The highest BCUT2D eigenvalue weighted by molar-refractivity contribution is 5.91. The van der Waals surface area contributed by atoms with Crippen molar-refractivity contribution in [3.63, 3.8) is 0 Å². The van der Waals surface area contributed by atoms with Gasteiger partial charge in [0.15, 0.2) is 43.3 Å². The number of benzene rings is 5. The standard InChI is InChI=1S/C50H47NO15/c1-30(52)51-37-39(38-36(29-59-48(64-38)35-26-16-7-17-27-35)60-49(37)58-28-31-18-8-3-9-19-31)65-50-43(63-46(55)34-24-14-6-15-25-34)41(62-45(54)33-22-12-5-13-23-33)40(42(66-50)47(56)57-2)61-44(53)32-20-10-4-11-21-32/h3-27,36-43,48-50H,28-29H2,1-2H3,(H,51,52)/t36-,37-,38+,39-,40+,41+,42+,43-,48+,49+,50-/m1/s1. The zero-order valence-corrected chi connectivity index (χ0v) is 35.8. The Balaban J connectivity index is 1.23. The third-order valence-electron chi connectivity index (χ3n) is 11.0. The zero-order valence-electron chi connectivity index (χ0n) is 35.8. The summed E-state index contributed by atoms with van der Waals surface area (Å²) in [7, 11) is 1.09. The molecule has 66 heavy (non-hydrogen) atoms. The Morgan fingerprint density at radius 1 is 0.576 bits per heavy atom. The van der Waals surface area contributed by atoms with E-state index in [4.69, 9.17) is 47.4 Å². The molecule has 342 valence electrons. The van der Waals surface area contributed by atoms with Gasteiger partial charge in [-0.25, -0.2) is 19.2 Å². The van der Waals surface area contributed by atoms with Crippen molar-refractivity contribution in [2.75, 3.05) is 13.7 Å². The van der Waals surface area contributed by atoms with Crippen LogP contribution in [0.5, 0.6) is 0 Å². The molecule has 3 aliphatic heterocycles. The van der Waals surface area contributed by atoms with Gasteiger partial charge in [0.25, 0.3) is 0 Å². The van der Waals surface area contributed by atoms with Crippen LogP contribution in [-0.4, -0.2) is 105 Å². The van der Waals surface area contributed by atoms with Crippen molar-refractivity contribution in [3.8, 4) is 0 Å². The molecule has 0 aliphatic carbocycles. The van der Waals surface area contributed by atoms with Crippen LogP contribution in [0.3, 0.4) is 0 Å². The molecule has 0 bridgehead atoms. The van der Waals surface area contributed by atoms with Gasteiger partial charge in [0.05, 0.1) is 37.0 Å². The molecule has 0 aromatic heterocycles. The first-order chi connectivity index (χ1) is 32.2. The second kappa shape index (κ2) is 21.5. The van der Waals surface area contributed by atoms with E-state index in [-0.39, 0.29) is 29.9 Å². The summed E-state index contributed by atoms with van der Waals surface area (Å²) in [6.45, 7) is 1.32. The van der Waals surface area contributed by atoms with Crippen LogP contribution in [0.1, 0.15) is 55.4 Å². The van der Waals surface area contributed by atoms with Crippen molar-refractivity contribution in [3.05, 3.63) is 179 Å². The molecule has 16 nitrogen and oxygen atoms in total. The van der Waals surface area contributed by atoms with Gasteiger partial charge < -0.3 is 52.7 Å². The first kappa shape index (κ1) is 45.8. The van der Waals surface area contributed by atoms with Crippen LogP contribution in [0.15, 0.2) is 152 Å². The number of hydrogen-bond donors (Lipinski definition) is 1. The first-order valence-corrected chi connectivity index (χ1v) is 21.2. The summed E-state index contributed by atoms with van der Waals surface area (Å²) in [6, 6.07) is 40.9. The van der Waals surface area contributed by atoms with Gasteiger partial charge in [-0.15, -0.1) is 0 Å². The van der Waals surface area contributed by atoms with E-state index in [0.717, 1.165) is 12.7 Å². The number of rotatable bonds is 14. The van der Waals surface area contributed by atoms with Gasteiger partial charge in [0, 0.05) is 12.5 Å². The average molecular weight is 902 g/mol. The molecule has 3 heterocycles. The molecule has 1 amide bonds. The maximum atomic E-state index is 14.2. The highest BCUT2D eigenvalue weighted by Crippen LogP contribution is 2.39. The van der Waals surface area contributed by atoms with Gasteiger partial charge >= 0.3 is 23.9 Å². The van der Waals surface area contributed by atoms with E-state index in [9.17, 15) is 24.0 Å². The third-order valence-corrected chi connectivity index (χ3v) is 11.0. The average Bonchev–Trinajstić information content (AvgIpc) is 3.36. The van der Waals surface area contributed by atoms with E-state index in [2.05, 4.69) is 5.32 Å². The van der Waals surface area contributed by atoms with Gasteiger partial charge in [-0.3, -0.25) is 4.79 Å². The molecular formula is C50H47NO15. The molecule has 8 rings (SSSR count). The summed E-state index contributed by atoms with van der Waals surface area (Å²) < 4.78 is 62.6. The van der Waals surface area contributed by atoms with Crippen molar-refractivity contribution < 1.29 is 71.3 Å². The molecule has 5 aromatic carbocycles. The van der Waals surface area contributed by atoms with Gasteiger partial charge in [-0.05, 0) is 42.0 Å². The minimum atomic E-state index is -1.86. The lowest BCUT2D eigenvalue weighted by Gasteiger charge is -2.51. The van der Waals surface area contributed by atoms with Crippen molar-refractivity contribution >= 4 is 29.8 Å². The minimum absolute atomic E-state index is 0.0281. The predicted octanol–water partition coefficient (Wildman–Crippen LogP) is 5.51. The molecule has 1 N–H and O–H groups in total. The van der Waals surface area contributed by atoms with Crippen LogP contribution in [-0.2, 0) is 63.6 Å². The molecule has 16 heteroatoms. The number of carbonyl (C=O) groups is 5. The van der Waals surface area contributed by atoms with Crippen LogP contribution in [0.4, 0.5) is 0 Å². The fourth-order valence-electron chi connectivity index (χ4n) is 7.86. The summed E-state index contributed by atoms with van der Waals surface area (Å²) in [6.07, 6.45) is -14.5. The fraction of sp³-hybridized carbons (Fsp3) is 0.300. The number of amides is 1. The van der Waals surface area contributed by atoms with E-state index in [1.807, 2.05) is 60.7 Å². The van der Waals surface area contributed by atoms with Gasteiger partial charge in [0.2, 0.25) is 5.91 Å². The zero-order chi connectivity index (χ0) is 46.0. The molecule has 0 radical (unpaired) electrons. The Morgan fingerprint density at radius 2 is 1.08 bits per heavy atom. The number of nitrogens with one attached hydrogen (secondary N) is 1. The molecule has 3 aliphatic rings. The van der Waals surface area contributed by atoms with E-state index in [1.165, 1.54) is 43.3 Å². The summed E-state index contributed by atoms with van der Waals surface area (Å²) >= 11 is 0. The minimum Gasteiger partial charge on any atom is -0.467 e. The Bertz CT molecular complexity index is 2410. The number of fused-ring (bicyclic) bond motifs is 1. The summed E-state index contributed by atoms with van der Waals surface area (Å²) in [5.41, 5.74) is 1.72. The van der Waals surface area contributed by atoms with Crippen molar-refractivity contribution in [2.24, 2.45) is 0 Å². The highest BCUT2D eigenvalue weighted by Gasteiger charge is 2.59. The Morgan fingerprint density at radius 3 is 1.61 bits per heavy atom. The summed E-state index contributed by atoms with van der Waals surface area (Å²) in [5, 5.41) is 2.90. The van der Waals surface area contributed by atoms with Gasteiger partial charge in [0.1, 0.15) is 24.4 Å². The normalized spacial score (nSPS) is 27.0. The van der Waals surface area contributed by atoms with E-state index in [1.54, 1.807) is 54.6 Å². The maximum Gasteiger partial charge on any atom is 0.339 e.